The number of urea groups is 1. The van der Waals surface area contributed by atoms with Crippen molar-refractivity contribution < 1.29 is 14.3 Å². The lowest BCUT2D eigenvalue weighted by Crippen LogP contribution is -2.28. The van der Waals surface area contributed by atoms with Crippen LogP contribution in [-0.4, -0.2) is 42.3 Å². The quantitative estimate of drug-likeness (QED) is 0.854. The van der Waals surface area contributed by atoms with Crippen molar-refractivity contribution in [1.29, 1.82) is 0 Å². The fraction of sp³-hybridized carbons (Fsp3) is 0.400. The summed E-state index contributed by atoms with van der Waals surface area (Å²) in [5.74, 6) is 0.234. The van der Waals surface area contributed by atoms with Crippen molar-refractivity contribution in [1.82, 2.24) is 9.47 Å². The number of benzene rings is 1. The van der Waals surface area contributed by atoms with Gasteiger partial charge in [-0.1, -0.05) is 37.3 Å². The lowest BCUT2D eigenvalue weighted by Gasteiger charge is -2.08. The Labute approximate surface area is 132 Å². The van der Waals surface area contributed by atoms with E-state index >= 15 is 0 Å². The Morgan fingerprint density at radius 3 is 2.64 bits per heavy atom. The smallest absolute Gasteiger partial charge is 0.420 e. The molecule has 0 saturated carbocycles. The van der Waals surface area contributed by atoms with E-state index in [1.54, 1.807) is 14.1 Å². The maximum atomic E-state index is 12.4. The maximum Gasteiger partial charge on any atom is 0.420 e. The highest BCUT2D eigenvalue weighted by Gasteiger charge is 2.16. The van der Waals surface area contributed by atoms with Gasteiger partial charge in [-0.3, -0.25) is 0 Å². The topological polar surface area (TPSA) is 63.9 Å². The highest BCUT2D eigenvalue weighted by molar-refractivity contribution is 7.16. The molecule has 2 aromatic rings. The summed E-state index contributed by atoms with van der Waals surface area (Å²) in [5, 5.41) is 0. The maximum absolute atomic E-state index is 12.4. The first kappa shape index (κ1) is 16.2. The lowest BCUT2D eigenvalue weighted by molar-refractivity contribution is 0.135. The molecule has 6 nitrogen and oxygen atoms in total. The van der Waals surface area contributed by atoms with Gasteiger partial charge in [0.05, 0.1) is 16.8 Å². The van der Waals surface area contributed by atoms with Crippen LogP contribution in [0, 0.1) is 5.92 Å². The Kier molecular flexibility index (Phi) is 4.97. The van der Waals surface area contributed by atoms with Crippen LogP contribution in [0.1, 0.15) is 13.8 Å². The normalized spacial score (nSPS) is 12.0. The van der Waals surface area contributed by atoms with E-state index in [0.717, 1.165) is 4.70 Å². The number of ether oxygens (including phenoxy) is 1. The first-order valence-corrected chi connectivity index (χ1v) is 7.75. The molecule has 2 amide bonds. The number of carbonyl (C=O) groups is 2. The number of hydrogen-bond donors (Lipinski definition) is 0. The van der Waals surface area contributed by atoms with Crippen LogP contribution in [0.5, 0.6) is 0 Å². The number of aromatic nitrogens is 1. The monoisotopic (exact) mass is 321 g/mol. The van der Waals surface area contributed by atoms with Gasteiger partial charge < -0.3 is 9.64 Å². The lowest BCUT2D eigenvalue weighted by atomic mass is 10.2. The van der Waals surface area contributed by atoms with Gasteiger partial charge in [-0.05, 0) is 18.1 Å². The Bertz CT molecular complexity index is 759. The molecule has 0 aliphatic carbocycles. The summed E-state index contributed by atoms with van der Waals surface area (Å²) in [6.45, 7) is 4.24. The second kappa shape index (κ2) is 6.74. The van der Waals surface area contributed by atoms with Gasteiger partial charge in [0.2, 0.25) is 4.80 Å². The van der Waals surface area contributed by atoms with Gasteiger partial charge in [-0.2, -0.15) is 4.99 Å². The highest BCUT2D eigenvalue weighted by atomic mass is 32.1. The fourth-order valence-corrected chi connectivity index (χ4v) is 2.70. The molecule has 0 radical (unpaired) electrons. The first-order chi connectivity index (χ1) is 10.4. The molecule has 1 aromatic carbocycles. The minimum Gasteiger partial charge on any atom is -0.449 e. The van der Waals surface area contributed by atoms with E-state index in [-0.39, 0.29) is 5.92 Å². The van der Waals surface area contributed by atoms with Gasteiger partial charge in [0.1, 0.15) is 0 Å². The molecular weight excluding hydrogens is 302 g/mol. The molecule has 118 valence electrons. The minimum atomic E-state index is -0.517. The molecule has 0 atom stereocenters. The van der Waals surface area contributed by atoms with Crippen LogP contribution in [0.2, 0.25) is 0 Å². The molecule has 1 aromatic heterocycles. The van der Waals surface area contributed by atoms with Crippen molar-refractivity contribution in [2.45, 2.75) is 13.8 Å². The van der Waals surface area contributed by atoms with Crippen LogP contribution in [0.25, 0.3) is 10.2 Å². The molecule has 0 fully saturated rings. The van der Waals surface area contributed by atoms with Crippen LogP contribution in [-0.2, 0) is 4.74 Å². The van der Waals surface area contributed by atoms with Crippen LogP contribution in [0.15, 0.2) is 29.3 Å². The second-order valence-electron chi connectivity index (χ2n) is 5.45. The van der Waals surface area contributed by atoms with E-state index in [1.165, 1.54) is 20.8 Å². The van der Waals surface area contributed by atoms with Crippen molar-refractivity contribution in [3.8, 4) is 0 Å². The molecular formula is C15H19N3O3S. The van der Waals surface area contributed by atoms with Crippen molar-refractivity contribution in [3.63, 3.8) is 0 Å². The Hall–Kier alpha value is -2.15. The summed E-state index contributed by atoms with van der Waals surface area (Å²) >= 11 is 1.28. The highest BCUT2D eigenvalue weighted by Crippen LogP contribution is 2.17. The van der Waals surface area contributed by atoms with Gasteiger partial charge in [-0.15, -0.1) is 0 Å². The number of para-hydroxylation sites is 1. The number of nitrogens with zero attached hydrogens (tertiary/aromatic N) is 3. The molecule has 0 N–H and O–H groups in total. The van der Waals surface area contributed by atoms with Crippen LogP contribution in [0.3, 0.4) is 0 Å². The summed E-state index contributed by atoms with van der Waals surface area (Å²) in [6.07, 6.45) is -0.517. The molecule has 0 unspecified atom stereocenters. The summed E-state index contributed by atoms with van der Waals surface area (Å²) in [5.41, 5.74) is 0.687. The summed E-state index contributed by atoms with van der Waals surface area (Å²) in [6, 6.07) is 6.98. The number of fused-ring (bicyclic) bond motifs is 1. The number of hydrogen-bond acceptors (Lipinski definition) is 4. The van der Waals surface area contributed by atoms with Crippen molar-refractivity contribution in [2.75, 3.05) is 20.7 Å². The molecule has 1 heterocycles. The molecule has 2 rings (SSSR count). The van der Waals surface area contributed by atoms with E-state index < -0.39 is 12.1 Å². The second-order valence-corrected chi connectivity index (χ2v) is 6.46. The van der Waals surface area contributed by atoms with E-state index in [4.69, 9.17) is 4.74 Å². The molecule has 22 heavy (non-hydrogen) atoms. The zero-order valence-electron chi connectivity index (χ0n) is 13.1. The Balaban J connectivity index is 2.54. The largest absolute Gasteiger partial charge is 0.449 e. The van der Waals surface area contributed by atoms with Gasteiger partial charge in [0.25, 0.3) is 0 Å². The van der Waals surface area contributed by atoms with Gasteiger partial charge in [0.15, 0.2) is 0 Å². The predicted molar refractivity (Wildman–Crippen MR) is 86.0 cm³/mol. The molecule has 0 aliphatic heterocycles. The molecule has 7 heteroatoms. The SMILES string of the molecule is CC(C)COC(=O)n1c(=NC(=O)N(C)C)sc2ccccc21. The third-order valence-electron chi connectivity index (χ3n) is 2.80. The third kappa shape index (κ3) is 3.54. The number of amides is 2. The fourth-order valence-electron chi connectivity index (χ4n) is 1.71. The standard InChI is InChI=1S/C15H19N3O3S/c1-10(2)9-21-15(20)18-11-7-5-6-8-12(11)22-14(18)16-13(19)17(3)4/h5-8,10H,9H2,1-4H3. The van der Waals surface area contributed by atoms with Crippen molar-refractivity contribution in [3.05, 3.63) is 29.1 Å². The summed E-state index contributed by atoms with van der Waals surface area (Å²) in [7, 11) is 3.22. The Morgan fingerprint density at radius 1 is 1.32 bits per heavy atom. The predicted octanol–water partition coefficient (Wildman–Crippen LogP) is 2.93. The number of carbonyl (C=O) groups excluding carboxylic acids is 2. The Morgan fingerprint density at radius 2 is 2.00 bits per heavy atom. The van der Waals surface area contributed by atoms with Crippen LogP contribution >= 0.6 is 11.3 Å². The van der Waals surface area contributed by atoms with Crippen molar-refractivity contribution in [2.24, 2.45) is 10.9 Å². The van der Waals surface area contributed by atoms with E-state index in [9.17, 15) is 9.59 Å². The van der Waals surface area contributed by atoms with Crippen LogP contribution < -0.4 is 4.80 Å². The van der Waals surface area contributed by atoms with Gasteiger partial charge in [0, 0.05) is 14.1 Å². The first-order valence-electron chi connectivity index (χ1n) is 6.94. The zero-order chi connectivity index (χ0) is 16.3. The van der Waals surface area contributed by atoms with Gasteiger partial charge >= 0.3 is 12.1 Å². The number of rotatable bonds is 2. The zero-order valence-corrected chi connectivity index (χ0v) is 13.9. The minimum absolute atomic E-state index is 0.234. The van der Waals surface area contributed by atoms with E-state index in [2.05, 4.69) is 4.99 Å². The third-order valence-corrected chi connectivity index (χ3v) is 3.82. The average Bonchev–Trinajstić information content (AvgIpc) is 2.82. The van der Waals surface area contributed by atoms with E-state index in [0.29, 0.717) is 16.9 Å². The van der Waals surface area contributed by atoms with Crippen LogP contribution in [0.4, 0.5) is 9.59 Å². The molecule has 0 saturated heterocycles. The van der Waals surface area contributed by atoms with Gasteiger partial charge in [-0.25, -0.2) is 14.2 Å². The number of thiazole rings is 1. The average molecular weight is 321 g/mol. The van der Waals surface area contributed by atoms with Crippen molar-refractivity contribution >= 4 is 33.7 Å². The summed E-state index contributed by atoms with van der Waals surface area (Å²) < 4.78 is 7.51. The summed E-state index contributed by atoms with van der Waals surface area (Å²) in [4.78, 5) is 29.9. The molecule has 0 spiro atoms. The molecule has 0 bridgehead atoms. The molecule has 0 aliphatic rings. The van der Waals surface area contributed by atoms with E-state index in [1.807, 2.05) is 38.1 Å².